The Kier molecular flexibility index (Phi) is 5.92. The minimum Gasteiger partial charge on any atom is -0.377 e. The van der Waals surface area contributed by atoms with Gasteiger partial charge in [-0.05, 0) is 50.3 Å². The molecule has 2 atom stereocenters. The summed E-state index contributed by atoms with van der Waals surface area (Å²) >= 11 is 0. The van der Waals surface area contributed by atoms with E-state index in [9.17, 15) is 8.78 Å². The van der Waals surface area contributed by atoms with Crippen LogP contribution in [-0.2, 0) is 11.2 Å². The molecule has 1 aromatic carbocycles. The van der Waals surface area contributed by atoms with Gasteiger partial charge in [0.05, 0.1) is 6.10 Å². The maximum Gasteiger partial charge on any atom is 0.162 e. The number of ether oxygens (including phenoxy) is 1. The minimum absolute atomic E-state index is 0.0477. The predicted molar refractivity (Wildman–Crippen MR) is 75.7 cm³/mol. The molecule has 112 valence electrons. The van der Waals surface area contributed by atoms with Gasteiger partial charge in [0, 0.05) is 12.6 Å². The molecule has 4 heteroatoms. The molecule has 0 aromatic heterocycles. The molecule has 1 saturated heterocycles. The highest BCUT2D eigenvalue weighted by Crippen LogP contribution is 2.20. The zero-order valence-electron chi connectivity index (χ0n) is 12.0. The highest BCUT2D eigenvalue weighted by atomic mass is 19.2. The maximum atomic E-state index is 13.8. The van der Waals surface area contributed by atoms with E-state index in [1.165, 1.54) is 0 Å². The topological polar surface area (TPSA) is 21.3 Å². The summed E-state index contributed by atoms with van der Waals surface area (Å²) in [4.78, 5) is 0. The zero-order chi connectivity index (χ0) is 14.4. The number of halogens is 2. The zero-order valence-corrected chi connectivity index (χ0v) is 12.0. The molecule has 20 heavy (non-hydrogen) atoms. The van der Waals surface area contributed by atoms with Crippen molar-refractivity contribution in [1.82, 2.24) is 5.32 Å². The van der Waals surface area contributed by atoms with Crippen molar-refractivity contribution >= 4 is 0 Å². The van der Waals surface area contributed by atoms with Crippen LogP contribution in [0.2, 0.25) is 0 Å². The minimum atomic E-state index is -0.777. The van der Waals surface area contributed by atoms with E-state index < -0.39 is 11.6 Å². The second-order valence-corrected chi connectivity index (χ2v) is 5.38. The van der Waals surface area contributed by atoms with Gasteiger partial charge < -0.3 is 10.1 Å². The Hall–Kier alpha value is -1.00. The lowest BCUT2D eigenvalue weighted by Crippen LogP contribution is -2.45. The number of hydrogen-bond acceptors (Lipinski definition) is 2. The lowest BCUT2D eigenvalue weighted by atomic mass is 9.95. The Labute approximate surface area is 119 Å². The molecule has 0 amide bonds. The molecule has 2 nitrogen and oxygen atoms in total. The molecule has 0 radical (unpaired) electrons. The van der Waals surface area contributed by atoms with Crippen molar-refractivity contribution in [3.63, 3.8) is 0 Å². The molecule has 0 spiro atoms. The third-order valence-electron chi connectivity index (χ3n) is 3.79. The fourth-order valence-corrected chi connectivity index (χ4v) is 2.69. The average Bonchev–Trinajstić information content (AvgIpc) is 2.48. The summed E-state index contributed by atoms with van der Waals surface area (Å²) in [6.45, 7) is 3.72. The summed E-state index contributed by atoms with van der Waals surface area (Å²) in [5.74, 6) is -1.51. The van der Waals surface area contributed by atoms with E-state index in [1.54, 1.807) is 12.1 Å². The van der Waals surface area contributed by atoms with Crippen LogP contribution in [0.4, 0.5) is 8.78 Å². The second-order valence-electron chi connectivity index (χ2n) is 5.38. The van der Waals surface area contributed by atoms with Gasteiger partial charge in [0.15, 0.2) is 11.6 Å². The van der Waals surface area contributed by atoms with Crippen LogP contribution in [-0.4, -0.2) is 25.3 Å². The molecular formula is C16H23F2NO. The van der Waals surface area contributed by atoms with Crippen LogP contribution in [0.15, 0.2) is 18.2 Å². The quantitative estimate of drug-likeness (QED) is 0.863. The molecule has 1 heterocycles. The Balaban J connectivity index is 2.07. The van der Waals surface area contributed by atoms with Crippen molar-refractivity contribution in [3.8, 4) is 0 Å². The highest BCUT2D eigenvalue weighted by Gasteiger charge is 2.25. The Morgan fingerprint density at radius 3 is 2.90 bits per heavy atom. The fraction of sp³-hybridized carbons (Fsp3) is 0.625. The summed E-state index contributed by atoms with van der Waals surface area (Å²) < 4.78 is 32.9. The van der Waals surface area contributed by atoms with Gasteiger partial charge in [-0.15, -0.1) is 0 Å². The molecule has 0 aliphatic carbocycles. The van der Waals surface area contributed by atoms with Crippen molar-refractivity contribution in [3.05, 3.63) is 35.4 Å². The SMILES string of the molecule is CCCNC(Cc1cccc(F)c1F)C1CCCCO1. The van der Waals surface area contributed by atoms with E-state index in [1.807, 2.05) is 0 Å². The molecule has 0 bridgehead atoms. The van der Waals surface area contributed by atoms with Crippen LogP contribution in [0, 0.1) is 11.6 Å². The predicted octanol–water partition coefficient (Wildman–Crippen LogP) is 3.44. The van der Waals surface area contributed by atoms with Crippen molar-refractivity contribution in [2.45, 2.75) is 51.2 Å². The fourth-order valence-electron chi connectivity index (χ4n) is 2.69. The van der Waals surface area contributed by atoms with Gasteiger partial charge in [0.25, 0.3) is 0 Å². The van der Waals surface area contributed by atoms with Gasteiger partial charge >= 0.3 is 0 Å². The van der Waals surface area contributed by atoms with E-state index in [0.717, 1.165) is 44.9 Å². The van der Waals surface area contributed by atoms with Crippen LogP contribution in [0.1, 0.15) is 38.2 Å². The van der Waals surface area contributed by atoms with Gasteiger partial charge in [-0.2, -0.15) is 0 Å². The molecule has 2 rings (SSSR count). The molecule has 1 aliphatic heterocycles. The monoisotopic (exact) mass is 283 g/mol. The van der Waals surface area contributed by atoms with Crippen LogP contribution < -0.4 is 5.32 Å². The summed E-state index contributed by atoms with van der Waals surface area (Å²) in [5.41, 5.74) is 0.424. The first-order valence-corrected chi connectivity index (χ1v) is 7.50. The van der Waals surface area contributed by atoms with Crippen molar-refractivity contribution in [2.24, 2.45) is 0 Å². The number of nitrogens with one attached hydrogen (secondary N) is 1. The Bertz CT molecular complexity index is 419. The molecular weight excluding hydrogens is 260 g/mol. The van der Waals surface area contributed by atoms with Crippen molar-refractivity contribution < 1.29 is 13.5 Å². The number of hydrogen-bond donors (Lipinski definition) is 1. The van der Waals surface area contributed by atoms with E-state index in [0.29, 0.717) is 12.0 Å². The lowest BCUT2D eigenvalue weighted by Gasteiger charge is -2.31. The van der Waals surface area contributed by atoms with E-state index >= 15 is 0 Å². The van der Waals surface area contributed by atoms with Gasteiger partial charge in [0.1, 0.15) is 0 Å². The molecule has 2 unspecified atom stereocenters. The van der Waals surface area contributed by atoms with E-state index in [-0.39, 0.29) is 12.1 Å². The summed E-state index contributed by atoms with van der Waals surface area (Å²) in [6.07, 6.45) is 4.78. The van der Waals surface area contributed by atoms with Gasteiger partial charge in [-0.1, -0.05) is 19.1 Å². The first-order chi connectivity index (χ1) is 9.72. The van der Waals surface area contributed by atoms with Gasteiger partial charge in [-0.3, -0.25) is 0 Å². The average molecular weight is 283 g/mol. The van der Waals surface area contributed by atoms with Crippen LogP contribution in [0.3, 0.4) is 0 Å². The van der Waals surface area contributed by atoms with Gasteiger partial charge in [0.2, 0.25) is 0 Å². The van der Waals surface area contributed by atoms with Crippen molar-refractivity contribution in [2.75, 3.05) is 13.2 Å². The highest BCUT2D eigenvalue weighted by molar-refractivity contribution is 5.20. The van der Waals surface area contributed by atoms with Crippen LogP contribution >= 0.6 is 0 Å². The van der Waals surface area contributed by atoms with Crippen LogP contribution in [0.25, 0.3) is 0 Å². The largest absolute Gasteiger partial charge is 0.377 e. The lowest BCUT2D eigenvalue weighted by molar-refractivity contribution is -0.00754. The third kappa shape index (κ3) is 4.00. The standard InChI is InChI=1S/C16H23F2NO/c1-2-9-19-14(15-8-3-4-10-20-15)11-12-6-5-7-13(17)16(12)18/h5-7,14-15,19H,2-4,8-11H2,1H3. The Morgan fingerprint density at radius 1 is 1.35 bits per heavy atom. The summed E-state index contributed by atoms with van der Waals surface area (Å²) in [6, 6.07) is 4.42. The Morgan fingerprint density at radius 2 is 2.20 bits per heavy atom. The number of benzene rings is 1. The second kappa shape index (κ2) is 7.70. The first kappa shape index (κ1) is 15.4. The van der Waals surface area contributed by atoms with E-state index in [4.69, 9.17) is 4.74 Å². The molecule has 0 saturated carbocycles. The molecule has 1 aliphatic rings. The third-order valence-corrected chi connectivity index (χ3v) is 3.79. The number of rotatable bonds is 6. The van der Waals surface area contributed by atoms with Gasteiger partial charge in [-0.25, -0.2) is 8.78 Å². The molecule has 1 fully saturated rings. The molecule has 1 N–H and O–H groups in total. The summed E-state index contributed by atoms with van der Waals surface area (Å²) in [5, 5.41) is 3.42. The first-order valence-electron chi connectivity index (χ1n) is 7.50. The summed E-state index contributed by atoms with van der Waals surface area (Å²) in [7, 11) is 0. The smallest absolute Gasteiger partial charge is 0.162 e. The van der Waals surface area contributed by atoms with Crippen molar-refractivity contribution in [1.29, 1.82) is 0 Å². The normalized spacial score (nSPS) is 20.9. The molecule has 1 aromatic rings. The van der Waals surface area contributed by atoms with E-state index in [2.05, 4.69) is 12.2 Å². The van der Waals surface area contributed by atoms with Crippen LogP contribution in [0.5, 0.6) is 0 Å². The maximum absolute atomic E-state index is 13.8.